The van der Waals surface area contributed by atoms with Crippen LogP contribution in [0.4, 0.5) is 0 Å². The van der Waals surface area contributed by atoms with Crippen LogP contribution in [0.15, 0.2) is 6.07 Å². The predicted octanol–water partition coefficient (Wildman–Crippen LogP) is 0.716. The highest BCUT2D eigenvalue weighted by Crippen LogP contribution is 2.15. The molecular weight excluding hydrogens is 156 g/mol. The second-order valence-corrected chi connectivity index (χ2v) is 2.86. The van der Waals surface area contributed by atoms with Crippen LogP contribution in [0, 0.1) is 13.8 Å². The van der Waals surface area contributed by atoms with Gasteiger partial charge >= 0.3 is 5.97 Å². The van der Waals surface area contributed by atoms with Gasteiger partial charge in [-0.05, 0) is 25.5 Å². The fourth-order valence-corrected chi connectivity index (χ4v) is 1.20. The molecule has 0 amide bonds. The van der Waals surface area contributed by atoms with Gasteiger partial charge in [0.2, 0.25) is 0 Å². The molecule has 1 rings (SSSR count). The molecule has 0 saturated carbocycles. The van der Waals surface area contributed by atoms with E-state index in [1.54, 1.807) is 0 Å². The standard InChI is InChI=1S/C8H12N2O2/c1-4-3-5(2)10-7(4)6(9)8(11)12/h3,6,10H,9H2,1-2H3,(H,11,12)/t6-/m0/s1. The molecule has 0 aliphatic heterocycles. The van der Waals surface area contributed by atoms with Crippen LogP contribution in [0.1, 0.15) is 23.0 Å². The van der Waals surface area contributed by atoms with E-state index in [1.165, 1.54) is 0 Å². The fraction of sp³-hybridized carbons (Fsp3) is 0.375. The molecule has 0 aliphatic carbocycles. The van der Waals surface area contributed by atoms with Crippen LogP contribution >= 0.6 is 0 Å². The van der Waals surface area contributed by atoms with Crippen molar-refractivity contribution in [1.82, 2.24) is 4.98 Å². The smallest absolute Gasteiger partial charge is 0.326 e. The number of carboxylic acids is 1. The maximum absolute atomic E-state index is 10.5. The minimum atomic E-state index is -1.01. The molecule has 0 saturated heterocycles. The Kier molecular flexibility index (Phi) is 2.19. The van der Waals surface area contributed by atoms with Crippen molar-refractivity contribution in [1.29, 1.82) is 0 Å². The molecule has 0 bridgehead atoms. The average Bonchev–Trinajstić information content (AvgIpc) is 2.28. The molecule has 12 heavy (non-hydrogen) atoms. The molecule has 66 valence electrons. The number of aromatic amines is 1. The average molecular weight is 168 g/mol. The Morgan fingerprint density at radius 2 is 2.25 bits per heavy atom. The lowest BCUT2D eigenvalue weighted by atomic mass is 10.1. The summed E-state index contributed by atoms with van der Waals surface area (Å²) in [5.41, 5.74) is 7.83. The lowest BCUT2D eigenvalue weighted by Crippen LogP contribution is -2.21. The number of rotatable bonds is 2. The van der Waals surface area contributed by atoms with Crippen LogP contribution in [0.2, 0.25) is 0 Å². The summed E-state index contributed by atoms with van der Waals surface area (Å²) in [5, 5.41) is 8.62. The van der Waals surface area contributed by atoms with Crippen LogP contribution in [0.25, 0.3) is 0 Å². The van der Waals surface area contributed by atoms with E-state index in [-0.39, 0.29) is 0 Å². The quantitative estimate of drug-likeness (QED) is 0.608. The van der Waals surface area contributed by atoms with Gasteiger partial charge in [-0.2, -0.15) is 0 Å². The van der Waals surface area contributed by atoms with Crippen molar-refractivity contribution in [2.24, 2.45) is 5.73 Å². The second-order valence-electron chi connectivity index (χ2n) is 2.86. The third-order valence-corrected chi connectivity index (χ3v) is 1.77. The maximum Gasteiger partial charge on any atom is 0.326 e. The SMILES string of the molecule is Cc1cc(C)c([C@H](N)C(=O)O)[nH]1. The van der Waals surface area contributed by atoms with Gasteiger partial charge in [-0.3, -0.25) is 4.79 Å². The first kappa shape index (κ1) is 8.80. The van der Waals surface area contributed by atoms with Crippen molar-refractivity contribution >= 4 is 5.97 Å². The monoisotopic (exact) mass is 168 g/mol. The molecular formula is C8H12N2O2. The summed E-state index contributed by atoms with van der Waals surface area (Å²) in [6, 6.07) is 0.927. The largest absolute Gasteiger partial charge is 0.480 e. The topological polar surface area (TPSA) is 79.1 Å². The molecule has 4 heteroatoms. The van der Waals surface area contributed by atoms with E-state index in [4.69, 9.17) is 10.8 Å². The van der Waals surface area contributed by atoms with E-state index < -0.39 is 12.0 Å². The van der Waals surface area contributed by atoms with E-state index in [0.29, 0.717) is 5.69 Å². The summed E-state index contributed by atoms with van der Waals surface area (Å²) >= 11 is 0. The van der Waals surface area contributed by atoms with Crippen molar-refractivity contribution in [3.8, 4) is 0 Å². The molecule has 4 N–H and O–H groups in total. The number of hydrogen-bond acceptors (Lipinski definition) is 2. The van der Waals surface area contributed by atoms with Gasteiger partial charge in [-0.25, -0.2) is 0 Å². The highest BCUT2D eigenvalue weighted by atomic mass is 16.4. The van der Waals surface area contributed by atoms with Crippen LogP contribution < -0.4 is 5.73 Å². The molecule has 0 spiro atoms. The van der Waals surface area contributed by atoms with Gasteiger partial charge in [-0.15, -0.1) is 0 Å². The fourth-order valence-electron chi connectivity index (χ4n) is 1.20. The van der Waals surface area contributed by atoms with Gasteiger partial charge in [0.1, 0.15) is 6.04 Å². The Bertz CT molecular complexity index is 304. The van der Waals surface area contributed by atoms with Crippen LogP contribution in [0.5, 0.6) is 0 Å². The first-order chi connectivity index (χ1) is 5.52. The Labute approximate surface area is 70.4 Å². The zero-order valence-corrected chi connectivity index (χ0v) is 7.09. The van der Waals surface area contributed by atoms with Crippen LogP contribution in [-0.2, 0) is 4.79 Å². The molecule has 0 aliphatic rings. The van der Waals surface area contributed by atoms with E-state index in [2.05, 4.69) is 4.98 Å². The summed E-state index contributed by atoms with van der Waals surface area (Å²) in [6.07, 6.45) is 0. The first-order valence-corrected chi connectivity index (χ1v) is 3.67. The second kappa shape index (κ2) is 2.98. The number of aliphatic carboxylic acids is 1. The van der Waals surface area contributed by atoms with Gasteiger partial charge in [0.05, 0.1) is 0 Å². The van der Waals surface area contributed by atoms with Gasteiger partial charge in [0.15, 0.2) is 0 Å². The minimum Gasteiger partial charge on any atom is -0.480 e. The molecule has 1 atom stereocenters. The van der Waals surface area contributed by atoms with Crippen molar-refractivity contribution in [3.05, 3.63) is 23.0 Å². The highest BCUT2D eigenvalue weighted by Gasteiger charge is 2.17. The molecule has 4 nitrogen and oxygen atoms in total. The summed E-state index contributed by atoms with van der Waals surface area (Å²) in [4.78, 5) is 13.4. The van der Waals surface area contributed by atoms with Crippen molar-refractivity contribution < 1.29 is 9.90 Å². The normalized spacial score (nSPS) is 12.9. The molecule has 1 heterocycles. The number of carbonyl (C=O) groups is 1. The van der Waals surface area contributed by atoms with Gasteiger partial charge in [0.25, 0.3) is 0 Å². The third-order valence-electron chi connectivity index (χ3n) is 1.77. The van der Waals surface area contributed by atoms with E-state index in [9.17, 15) is 4.79 Å². The number of carboxylic acid groups (broad SMARTS) is 1. The van der Waals surface area contributed by atoms with Crippen molar-refractivity contribution in [2.45, 2.75) is 19.9 Å². The van der Waals surface area contributed by atoms with Crippen molar-refractivity contribution in [2.75, 3.05) is 0 Å². The van der Waals surface area contributed by atoms with Crippen molar-refractivity contribution in [3.63, 3.8) is 0 Å². The molecule has 0 fully saturated rings. The summed E-state index contributed by atoms with van der Waals surface area (Å²) in [6.45, 7) is 3.70. The van der Waals surface area contributed by atoms with Gasteiger partial charge < -0.3 is 15.8 Å². The highest BCUT2D eigenvalue weighted by molar-refractivity contribution is 5.75. The summed E-state index contributed by atoms with van der Waals surface area (Å²) in [5.74, 6) is -1.01. The molecule has 0 aromatic carbocycles. The van der Waals surface area contributed by atoms with Gasteiger partial charge in [-0.1, -0.05) is 0 Å². The number of aromatic nitrogens is 1. The Hall–Kier alpha value is -1.29. The number of hydrogen-bond donors (Lipinski definition) is 3. The molecule has 1 aromatic heterocycles. The lowest BCUT2D eigenvalue weighted by molar-refractivity contribution is -0.138. The number of aryl methyl sites for hydroxylation is 2. The zero-order chi connectivity index (χ0) is 9.30. The van der Waals surface area contributed by atoms with E-state index in [0.717, 1.165) is 11.3 Å². The van der Waals surface area contributed by atoms with E-state index in [1.807, 2.05) is 19.9 Å². The Morgan fingerprint density at radius 1 is 1.67 bits per heavy atom. The lowest BCUT2D eigenvalue weighted by Gasteiger charge is -2.04. The Morgan fingerprint density at radius 3 is 2.58 bits per heavy atom. The van der Waals surface area contributed by atoms with E-state index >= 15 is 0 Å². The van der Waals surface area contributed by atoms with Gasteiger partial charge in [0, 0.05) is 11.4 Å². The number of nitrogens with one attached hydrogen (secondary N) is 1. The zero-order valence-electron chi connectivity index (χ0n) is 7.09. The predicted molar refractivity (Wildman–Crippen MR) is 44.8 cm³/mol. The summed E-state index contributed by atoms with van der Waals surface area (Å²) < 4.78 is 0. The third kappa shape index (κ3) is 1.48. The molecule has 1 aromatic rings. The maximum atomic E-state index is 10.5. The van der Waals surface area contributed by atoms with Crippen LogP contribution in [-0.4, -0.2) is 16.1 Å². The summed E-state index contributed by atoms with van der Waals surface area (Å²) in [7, 11) is 0. The number of H-pyrrole nitrogens is 1. The molecule has 0 unspecified atom stereocenters. The molecule has 0 radical (unpaired) electrons. The number of nitrogens with two attached hydrogens (primary N) is 1. The first-order valence-electron chi connectivity index (χ1n) is 3.67. The van der Waals surface area contributed by atoms with Crippen LogP contribution in [0.3, 0.4) is 0 Å². The Balaban J connectivity index is 3.02. The minimum absolute atomic E-state index is 0.583.